The van der Waals surface area contributed by atoms with E-state index in [1.165, 1.54) is 0 Å². The maximum Gasteiger partial charge on any atom is 0.323 e. The monoisotopic (exact) mass is 231 g/mol. The standard InChI is InChI=1S/C11H21NO4/c1-2-12-10(11(13)14)8-16-7-9-3-5-15-6-4-9/h9-10,12H,2-8H2,1H3,(H,13,14). The maximum absolute atomic E-state index is 10.8. The normalized spacial score (nSPS) is 19.6. The second-order valence-corrected chi connectivity index (χ2v) is 4.04. The molecule has 0 bridgehead atoms. The molecule has 5 heteroatoms. The molecule has 0 spiro atoms. The molecule has 1 atom stereocenters. The Morgan fingerprint density at radius 2 is 2.25 bits per heavy atom. The van der Waals surface area contributed by atoms with E-state index in [0.717, 1.165) is 26.1 Å². The molecule has 1 saturated heterocycles. The smallest absolute Gasteiger partial charge is 0.323 e. The van der Waals surface area contributed by atoms with Gasteiger partial charge in [-0.2, -0.15) is 0 Å². The molecule has 16 heavy (non-hydrogen) atoms. The first-order valence-corrected chi connectivity index (χ1v) is 5.85. The van der Waals surface area contributed by atoms with Gasteiger partial charge in [0.05, 0.1) is 6.61 Å². The van der Waals surface area contributed by atoms with Gasteiger partial charge in [-0.3, -0.25) is 4.79 Å². The third-order valence-electron chi connectivity index (χ3n) is 2.73. The van der Waals surface area contributed by atoms with Crippen molar-refractivity contribution in [2.45, 2.75) is 25.8 Å². The van der Waals surface area contributed by atoms with E-state index >= 15 is 0 Å². The van der Waals surface area contributed by atoms with Crippen LogP contribution in [0.5, 0.6) is 0 Å². The van der Waals surface area contributed by atoms with Crippen LogP contribution in [0, 0.1) is 5.92 Å². The predicted molar refractivity (Wildman–Crippen MR) is 59.5 cm³/mol. The Morgan fingerprint density at radius 3 is 2.81 bits per heavy atom. The highest BCUT2D eigenvalue weighted by Gasteiger charge is 2.18. The maximum atomic E-state index is 10.8. The Morgan fingerprint density at radius 1 is 1.56 bits per heavy atom. The molecule has 2 N–H and O–H groups in total. The lowest BCUT2D eigenvalue weighted by atomic mass is 10.0. The van der Waals surface area contributed by atoms with Crippen molar-refractivity contribution in [3.63, 3.8) is 0 Å². The molecule has 1 rings (SSSR count). The molecule has 1 heterocycles. The highest BCUT2D eigenvalue weighted by Crippen LogP contribution is 2.14. The Balaban J connectivity index is 2.13. The van der Waals surface area contributed by atoms with Gasteiger partial charge in [0.1, 0.15) is 6.04 Å². The Bertz CT molecular complexity index is 204. The fraction of sp³-hybridized carbons (Fsp3) is 0.909. The molecule has 0 amide bonds. The van der Waals surface area contributed by atoms with Crippen LogP contribution in [0.4, 0.5) is 0 Å². The van der Waals surface area contributed by atoms with Crippen LogP contribution in [0.15, 0.2) is 0 Å². The van der Waals surface area contributed by atoms with E-state index in [2.05, 4.69) is 5.32 Å². The van der Waals surface area contributed by atoms with Crippen LogP contribution in [0.2, 0.25) is 0 Å². The molecule has 0 saturated carbocycles. The lowest BCUT2D eigenvalue weighted by Gasteiger charge is -2.22. The van der Waals surface area contributed by atoms with Gasteiger partial charge in [-0.05, 0) is 25.3 Å². The van der Waals surface area contributed by atoms with Gasteiger partial charge < -0.3 is 19.9 Å². The average Bonchev–Trinajstić information content (AvgIpc) is 2.29. The van der Waals surface area contributed by atoms with Gasteiger partial charge in [-0.1, -0.05) is 6.92 Å². The lowest BCUT2D eigenvalue weighted by molar-refractivity contribution is -0.141. The van der Waals surface area contributed by atoms with Crippen molar-refractivity contribution in [2.75, 3.05) is 33.0 Å². The molecule has 1 unspecified atom stereocenters. The summed E-state index contributed by atoms with van der Waals surface area (Å²) >= 11 is 0. The number of likely N-dealkylation sites (N-methyl/N-ethyl adjacent to an activating group) is 1. The topological polar surface area (TPSA) is 67.8 Å². The molecule has 5 nitrogen and oxygen atoms in total. The van der Waals surface area contributed by atoms with Crippen LogP contribution in [0.1, 0.15) is 19.8 Å². The van der Waals surface area contributed by atoms with Crippen LogP contribution in [0.25, 0.3) is 0 Å². The first-order valence-electron chi connectivity index (χ1n) is 5.85. The molecular weight excluding hydrogens is 210 g/mol. The minimum absolute atomic E-state index is 0.237. The van der Waals surface area contributed by atoms with E-state index < -0.39 is 12.0 Å². The van der Waals surface area contributed by atoms with Crippen molar-refractivity contribution < 1.29 is 19.4 Å². The summed E-state index contributed by atoms with van der Waals surface area (Å²) < 4.78 is 10.7. The van der Waals surface area contributed by atoms with Gasteiger partial charge in [0.2, 0.25) is 0 Å². The summed E-state index contributed by atoms with van der Waals surface area (Å²) in [5, 5.41) is 11.7. The predicted octanol–water partition coefficient (Wildman–Crippen LogP) is 0.492. The first-order chi connectivity index (χ1) is 7.74. The van der Waals surface area contributed by atoms with Crippen LogP contribution in [0.3, 0.4) is 0 Å². The Hall–Kier alpha value is -0.650. The fourth-order valence-corrected chi connectivity index (χ4v) is 1.73. The SMILES string of the molecule is CCNC(COCC1CCOCC1)C(=O)O. The Labute approximate surface area is 96.1 Å². The van der Waals surface area contributed by atoms with Gasteiger partial charge in [0.25, 0.3) is 0 Å². The molecular formula is C11H21NO4. The largest absolute Gasteiger partial charge is 0.480 e. The fourth-order valence-electron chi connectivity index (χ4n) is 1.73. The number of carbonyl (C=O) groups is 1. The number of nitrogens with one attached hydrogen (secondary N) is 1. The zero-order valence-electron chi connectivity index (χ0n) is 9.78. The quantitative estimate of drug-likeness (QED) is 0.667. The molecule has 0 radical (unpaired) electrons. The number of rotatable bonds is 7. The minimum atomic E-state index is -0.853. The van der Waals surface area contributed by atoms with E-state index in [4.69, 9.17) is 14.6 Å². The highest BCUT2D eigenvalue weighted by molar-refractivity contribution is 5.73. The van der Waals surface area contributed by atoms with Crippen molar-refractivity contribution in [2.24, 2.45) is 5.92 Å². The zero-order valence-corrected chi connectivity index (χ0v) is 9.78. The van der Waals surface area contributed by atoms with Crippen molar-refractivity contribution in [1.29, 1.82) is 0 Å². The number of ether oxygens (including phenoxy) is 2. The summed E-state index contributed by atoms with van der Waals surface area (Å²) in [6, 6.07) is -0.593. The van der Waals surface area contributed by atoms with Crippen molar-refractivity contribution in [1.82, 2.24) is 5.32 Å². The second kappa shape index (κ2) is 7.60. The summed E-state index contributed by atoms with van der Waals surface area (Å²) in [5.41, 5.74) is 0. The third-order valence-corrected chi connectivity index (χ3v) is 2.73. The third kappa shape index (κ3) is 4.92. The summed E-state index contributed by atoms with van der Waals surface area (Å²) in [6.45, 7) is 4.98. The van der Waals surface area contributed by atoms with Crippen molar-refractivity contribution in [3.8, 4) is 0 Å². The summed E-state index contributed by atoms with van der Waals surface area (Å²) in [4.78, 5) is 10.8. The summed E-state index contributed by atoms with van der Waals surface area (Å²) in [7, 11) is 0. The molecule has 94 valence electrons. The van der Waals surface area contributed by atoms with Gasteiger partial charge >= 0.3 is 5.97 Å². The van der Waals surface area contributed by atoms with E-state index in [9.17, 15) is 4.79 Å². The molecule has 0 aromatic carbocycles. The first kappa shape index (κ1) is 13.4. The summed E-state index contributed by atoms with van der Waals surface area (Å²) in [5.74, 6) is -0.335. The number of hydrogen-bond donors (Lipinski definition) is 2. The van der Waals surface area contributed by atoms with Crippen LogP contribution >= 0.6 is 0 Å². The molecule has 0 aromatic heterocycles. The molecule has 1 aliphatic rings. The van der Waals surface area contributed by atoms with Crippen LogP contribution < -0.4 is 5.32 Å². The van der Waals surface area contributed by atoms with Crippen LogP contribution in [-0.2, 0) is 14.3 Å². The molecule has 0 aliphatic carbocycles. The van der Waals surface area contributed by atoms with E-state index in [1.807, 2.05) is 6.92 Å². The zero-order chi connectivity index (χ0) is 11.8. The number of carboxylic acids is 1. The number of aliphatic carboxylic acids is 1. The minimum Gasteiger partial charge on any atom is -0.480 e. The van der Waals surface area contributed by atoms with Gasteiger partial charge in [0.15, 0.2) is 0 Å². The highest BCUT2D eigenvalue weighted by atomic mass is 16.5. The van der Waals surface area contributed by atoms with Crippen molar-refractivity contribution in [3.05, 3.63) is 0 Å². The average molecular weight is 231 g/mol. The molecule has 0 aromatic rings. The summed E-state index contributed by atoms with van der Waals surface area (Å²) in [6.07, 6.45) is 2.03. The second-order valence-electron chi connectivity index (χ2n) is 4.04. The number of hydrogen-bond acceptors (Lipinski definition) is 4. The molecule has 1 aliphatic heterocycles. The van der Waals surface area contributed by atoms with E-state index in [1.54, 1.807) is 0 Å². The van der Waals surface area contributed by atoms with Crippen molar-refractivity contribution >= 4 is 5.97 Å². The van der Waals surface area contributed by atoms with Crippen LogP contribution in [-0.4, -0.2) is 50.1 Å². The molecule has 1 fully saturated rings. The Kier molecular flexibility index (Phi) is 6.37. The van der Waals surface area contributed by atoms with Gasteiger partial charge in [0, 0.05) is 19.8 Å². The lowest BCUT2D eigenvalue weighted by Crippen LogP contribution is -2.40. The van der Waals surface area contributed by atoms with Gasteiger partial charge in [-0.25, -0.2) is 0 Å². The van der Waals surface area contributed by atoms with E-state index in [-0.39, 0.29) is 6.61 Å². The van der Waals surface area contributed by atoms with Gasteiger partial charge in [-0.15, -0.1) is 0 Å². The van der Waals surface area contributed by atoms with E-state index in [0.29, 0.717) is 19.1 Å². The number of carboxylic acid groups (broad SMARTS) is 1.